The number of para-hydroxylation sites is 1. The fraction of sp³-hybridized carbons (Fsp3) is 0.118. The summed E-state index contributed by atoms with van der Waals surface area (Å²) in [4.78, 5) is 28.0. The van der Waals surface area contributed by atoms with Crippen LogP contribution in [-0.2, 0) is 4.79 Å². The fourth-order valence-electron chi connectivity index (χ4n) is 2.11. The number of carbonyl (C=O) groups is 2. The minimum Gasteiger partial charge on any atom is -0.308 e. The summed E-state index contributed by atoms with van der Waals surface area (Å²) in [5.74, 6) is -0.0785. The molecule has 0 unspecified atom stereocenters. The van der Waals surface area contributed by atoms with Crippen molar-refractivity contribution in [2.24, 2.45) is 0 Å². The van der Waals surface area contributed by atoms with Crippen LogP contribution in [0.3, 0.4) is 0 Å². The Kier molecular flexibility index (Phi) is 5.30. The van der Waals surface area contributed by atoms with Crippen LogP contribution in [0, 0.1) is 0 Å². The number of nitrogens with one attached hydrogen (secondary N) is 3. The molecule has 8 heteroatoms. The van der Waals surface area contributed by atoms with Crippen molar-refractivity contribution in [3.8, 4) is 0 Å². The molecule has 3 aromatic rings. The van der Waals surface area contributed by atoms with Gasteiger partial charge >= 0.3 is 6.03 Å². The zero-order chi connectivity index (χ0) is 17.8. The number of aromatic nitrogens is 1. The Bertz CT molecular complexity index is 941. The molecule has 6 nitrogen and oxygen atoms in total. The third-order valence-electron chi connectivity index (χ3n) is 3.33. The number of rotatable bonds is 4. The van der Waals surface area contributed by atoms with Gasteiger partial charge in [-0.1, -0.05) is 30.4 Å². The van der Waals surface area contributed by atoms with E-state index < -0.39 is 0 Å². The summed E-state index contributed by atoms with van der Waals surface area (Å²) in [5, 5.41) is 8.85. The van der Waals surface area contributed by atoms with Gasteiger partial charge in [0.1, 0.15) is 0 Å². The summed E-state index contributed by atoms with van der Waals surface area (Å²) in [6, 6.07) is 12.5. The first-order valence-corrected chi connectivity index (χ1v) is 9.19. The maximum Gasteiger partial charge on any atom is 0.323 e. The quantitative estimate of drug-likeness (QED) is 0.553. The maximum atomic E-state index is 12.1. The topological polar surface area (TPSA) is 83.1 Å². The predicted octanol–water partition coefficient (Wildman–Crippen LogP) is 5.05. The second-order valence-electron chi connectivity index (χ2n) is 5.16. The van der Waals surface area contributed by atoms with Gasteiger partial charge in [0, 0.05) is 16.6 Å². The highest BCUT2D eigenvalue weighted by Crippen LogP contribution is 2.28. The van der Waals surface area contributed by atoms with Crippen molar-refractivity contribution in [2.75, 3.05) is 16.0 Å². The highest BCUT2D eigenvalue weighted by molar-refractivity contribution is 9.10. The Balaban J connectivity index is 1.72. The molecule has 1 heterocycles. The van der Waals surface area contributed by atoms with Crippen LogP contribution in [0.25, 0.3) is 10.2 Å². The maximum absolute atomic E-state index is 12.1. The van der Waals surface area contributed by atoms with E-state index in [4.69, 9.17) is 0 Å². The summed E-state index contributed by atoms with van der Waals surface area (Å²) in [5.41, 5.74) is 2.02. The molecule has 0 bridgehead atoms. The second kappa shape index (κ2) is 7.62. The van der Waals surface area contributed by atoms with Crippen LogP contribution in [-0.4, -0.2) is 16.9 Å². The minimum atomic E-state index is -0.346. The molecule has 3 N–H and O–H groups in total. The lowest BCUT2D eigenvalue weighted by atomic mass is 10.3. The number of fused-ring (bicyclic) bond motifs is 1. The number of amides is 3. The van der Waals surface area contributed by atoms with E-state index in [1.165, 1.54) is 11.3 Å². The van der Waals surface area contributed by atoms with E-state index in [9.17, 15) is 9.59 Å². The van der Waals surface area contributed by atoms with Crippen molar-refractivity contribution < 1.29 is 9.59 Å². The number of nitrogens with zero attached hydrogens (tertiary/aromatic N) is 1. The molecule has 0 aliphatic rings. The molecule has 3 amide bonds. The number of anilines is 3. The van der Waals surface area contributed by atoms with Crippen LogP contribution in [0.4, 0.5) is 21.3 Å². The van der Waals surface area contributed by atoms with E-state index in [1.807, 2.05) is 24.3 Å². The lowest BCUT2D eigenvalue weighted by molar-refractivity contribution is -0.115. The van der Waals surface area contributed by atoms with Gasteiger partial charge in [0.2, 0.25) is 5.91 Å². The van der Waals surface area contributed by atoms with Crippen molar-refractivity contribution in [3.05, 3.63) is 46.9 Å². The van der Waals surface area contributed by atoms with Crippen LogP contribution in [0.5, 0.6) is 0 Å². The van der Waals surface area contributed by atoms with Gasteiger partial charge in [-0.15, -0.1) is 0 Å². The lowest BCUT2D eigenvalue weighted by Gasteiger charge is -2.08. The highest BCUT2D eigenvalue weighted by Gasteiger charge is 2.09. The largest absolute Gasteiger partial charge is 0.323 e. The van der Waals surface area contributed by atoms with Gasteiger partial charge in [-0.2, -0.15) is 0 Å². The predicted molar refractivity (Wildman–Crippen MR) is 105 cm³/mol. The number of hydrogen-bond donors (Lipinski definition) is 3. The molecule has 0 spiro atoms. The summed E-state index contributed by atoms with van der Waals surface area (Å²) >= 11 is 4.78. The molecule has 0 fully saturated rings. The first kappa shape index (κ1) is 17.4. The molecule has 0 atom stereocenters. The van der Waals surface area contributed by atoms with Crippen LogP contribution < -0.4 is 16.0 Å². The average Bonchev–Trinajstić information content (AvgIpc) is 2.98. The van der Waals surface area contributed by atoms with E-state index in [2.05, 4.69) is 36.9 Å². The molecule has 0 saturated heterocycles. The van der Waals surface area contributed by atoms with E-state index >= 15 is 0 Å². The number of halogens is 1. The van der Waals surface area contributed by atoms with Crippen molar-refractivity contribution in [2.45, 2.75) is 13.3 Å². The molecule has 0 aliphatic heterocycles. The smallest absolute Gasteiger partial charge is 0.308 e. The fourth-order valence-corrected chi connectivity index (χ4v) is 3.36. The van der Waals surface area contributed by atoms with Gasteiger partial charge in [-0.25, -0.2) is 9.78 Å². The minimum absolute atomic E-state index is 0.0785. The highest BCUT2D eigenvalue weighted by atomic mass is 79.9. The zero-order valence-corrected chi connectivity index (χ0v) is 15.7. The van der Waals surface area contributed by atoms with Crippen molar-refractivity contribution in [1.29, 1.82) is 0 Å². The Morgan fingerprint density at radius 1 is 1.12 bits per heavy atom. The van der Waals surface area contributed by atoms with Gasteiger partial charge in [-0.3, -0.25) is 4.79 Å². The van der Waals surface area contributed by atoms with E-state index in [0.717, 1.165) is 14.7 Å². The Morgan fingerprint density at radius 3 is 2.68 bits per heavy atom. The standard InChI is InChI=1S/C17H15BrN4O2S/c1-2-15(23)22-17-21-13-9-10(7-8-14(13)25-17)19-16(24)20-12-6-4-3-5-11(12)18/h3-9H,2H2,1H3,(H2,19,20,24)(H,21,22,23). The Hall–Kier alpha value is -2.45. The third-order valence-corrected chi connectivity index (χ3v) is 4.98. The number of urea groups is 1. The number of hydrogen-bond acceptors (Lipinski definition) is 4. The van der Waals surface area contributed by atoms with Gasteiger partial charge in [0.05, 0.1) is 15.9 Å². The second-order valence-corrected chi connectivity index (χ2v) is 7.05. The van der Waals surface area contributed by atoms with Gasteiger partial charge in [0.25, 0.3) is 0 Å². The molecule has 0 saturated carbocycles. The molecular weight excluding hydrogens is 404 g/mol. The summed E-state index contributed by atoms with van der Waals surface area (Å²) in [7, 11) is 0. The van der Waals surface area contributed by atoms with Crippen LogP contribution in [0.15, 0.2) is 46.9 Å². The van der Waals surface area contributed by atoms with E-state index in [-0.39, 0.29) is 11.9 Å². The summed E-state index contributed by atoms with van der Waals surface area (Å²) in [6.45, 7) is 1.79. The molecule has 1 aromatic heterocycles. The molecule has 3 rings (SSSR count). The summed E-state index contributed by atoms with van der Waals surface area (Å²) < 4.78 is 1.74. The number of carbonyl (C=O) groups excluding carboxylic acids is 2. The lowest BCUT2D eigenvalue weighted by Crippen LogP contribution is -2.19. The summed E-state index contributed by atoms with van der Waals surface area (Å²) in [6.07, 6.45) is 0.401. The monoisotopic (exact) mass is 418 g/mol. The Labute approximate surface area is 156 Å². The first-order chi connectivity index (χ1) is 12.0. The Morgan fingerprint density at radius 2 is 1.92 bits per heavy atom. The average molecular weight is 419 g/mol. The third kappa shape index (κ3) is 4.34. The van der Waals surface area contributed by atoms with E-state index in [1.54, 1.807) is 25.1 Å². The molecule has 2 aromatic carbocycles. The van der Waals surface area contributed by atoms with Crippen LogP contribution in [0.2, 0.25) is 0 Å². The van der Waals surface area contributed by atoms with Crippen molar-refractivity contribution in [1.82, 2.24) is 4.98 Å². The molecule has 0 aliphatic carbocycles. The van der Waals surface area contributed by atoms with Gasteiger partial charge in [0.15, 0.2) is 5.13 Å². The number of benzene rings is 2. The SMILES string of the molecule is CCC(=O)Nc1nc2cc(NC(=O)Nc3ccccc3Br)ccc2s1. The van der Waals surface area contributed by atoms with Crippen molar-refractivity contribution >= 4 is 65.9 Å². The first-order valence-electron chi connectivity index (χ1n) is 7.58. The van der Waals surface area contributed by atoms with Gasteiger partial charge < -0.3 is 16.0 Å². The number of thiazole rings is 1. The van der Waals surface area contributed by atoms with Crippen LogP contribution >= 0.6 is 27.3 Å². The normalized spacial score (nSPS) is 10.5. The van der Waals surface area contributed by atoms with E-state index in [0.29, 0.717) is 22.9 Å². The van der Waals surface area contributed by atoms with Crippen LogP contribution in [0.1, 0.15) is 13.3 Å². The molecule has 0 radical (unpaired) electrons. The van der Waals surface area contributed by atoms with Crippen molar-refractivity contribution in [3.63, 3.8) is 0 Å². The molecule has 25 heavy (non-hydrogen) atoms. The molecule has 128 valence electrons. The van der Waals surface area contributed by atoms with Gasteiger partial charge in [-0.05, 0) is 46.3 Å². The molecular formula is C17H15BrN4O2S. The zero-order valence-electron chi connectivity index (χ0n) is 13.3.